The molecule has 1 saturated heterocycles. The van der Waals surface area contributed by atoms with Gasteiger partial charge >= 0.3 is 0 Å². The second-order valence-electron chi connectivity index (χ2n) is 4.47. The minimum absolute atomic E-state index is 0.0260. The van der Waals surface area contributed by atoms with Crippen LogP contribution in [0.15, 0.2) is 18.2 Å². The van der Waals surface area contributed by atoms with Crippen molar-refractivity contribution in [1.82, 2.24) is 10.2 Å². The van der Waals surface area contributed by atoms with Gasteiger partial charge in [0.15, 0.2) is 0 Å². The van der Waals surface area contributed by atoms with Crippen molar-refractivity contribution in [3.63, 3.8) is 0 Å². The van der Waals surface area contributed by atoms with Gasteiger partial charge in [0.05, 0.1) is 12.6 Å². The summed E-state index contributed by atoms with van der Waals surface area (Å²) in [5, 5.41) is 12.7. The molecule has 100 valence electrons. The van der Waals surface area contributed by atoms with Crippen molar-refractivity contribution in [1.29, 1.82) is 0 Å². The minimum atomic E-state index is -0.605. The van der Waals surface area contributed by atoms with E-state index in [4.69, 9.17) is 0 Å². The average molecular weight is 256 g/mol. The molecule has 1 aliphatic heterocycles. The highest BCUT2D eigenvalue weighted by Crippen LogP contribution is 2.26. The highest BCUT2D eigenvalue weighted by atomic mass is 19.1. The van der Waals surface area contributed by atoms with Gasteiger partial charge in [0, 0.05) is 25.2 Å². The number of halogens is 2. The Morgan fingerprint density at radius 3 is 2.61 bits per heavy atom. The van der Waals surface area contributed by atoms with Crippen LogP contribution in [0.5, 0.6) is 0 Å². The number of nitrogens with one attached hydrogen (secondary N) is 1. The summed E-state index contributed by atoms with van der Waals surface area (Å²) >= 11 is 0. The second kappa shape index (κ2) is 6.22. The summed E-state index contributed by atoms with van der Waals surface area (Å²) in [4.78, 5) is 1.93. The van der Waals surface area contributed by atoms with Crippen molar-refractivity contribution in [3.8, 4) is 0 Å². The van der Waals surface area contributed by atoms with Gasteiger partial charge in [-0.1, -0.05) is 6.07 Å². The number of nitrogens with zero attached hydrogens (tertiary/aromatic N) is 1. The summed E-state index contributed by atoms with van der Waals surface area (Å²) in [6.45, 7) is 2.80. The summed E-state index contributed by atoms with van der Waals surface area (Å²) in [6, 6.07) is 3.20. The van der Waals surface area contributed by atoms with E-state index in [0.29, 0.717) is 6.54 Å². The van der Waals surface area contributed by atoms with E-state index in [1.54, 1.807) is 0 Å². The van der Waals surface area contributed by atoms with Crippen LogP contribution in [0.1, 0.15) is 18.0 Å². The fraction of sp³-hybridized carbons (Fsp3) is 0.538. The number of aliphatic hydroxyl groups is 1. The molecule has 0 spiro atoms. The van der Waals surface area contributed by atoms with E-state index >= 15 is 0 Å². The molecule has 0 aliphatic carbocycles. The largest absolute Gasteiger partial charge is 0.394 e. The molecule has 18 heavy (non-hydrogen) atoms. The smallest absolute Gasteiger partial charge is 0.131 e. The molecule has 1 aromatic carbocycles. The predicted octanol–water partition coefficient (Wildman–Crippen LogP) is 1.29. The molecule has 0 saturated carbocycles. The molecule has 0 radical (unpaired) electrons. The standard InChI is InChI=1S/C13H18F2N2O/c14-10-3-1-4-11(15)13(10)12(9-18)17-7-2-5-16-6-8-17/h1,3-4,12,16,18H,2,5-9H2. The predicted molar refractivity (Wildman–Crippen MR) is 65.2 cm³/mol. The number of aliphatic hydroxyl groups excluding tert-OH is 1. The van der Waals surface area contributed by atoms with E-state index in [0.717, 1.165) is 26.1 Å². The van der Waals surface area contributed by atoms with Crippen molar-refractivity contribution in [2.45, 2.75) is 12.5 Å². The van der Waals surface area contributed by atoms with Crippen molar-refractivity contribution in [2.24, 2.45) is 0 Å². The van der Waals surface area contributed by atoms with Gasteiger partial charge < -0.3 is 10.4 Å². The minimum Gasteiger partial charge on any atom is -0.394 e. The fourth-order valence-corrected chi connectivity index (χ4v) is 2.40. The molecule has 1 aromatic rings. The Morgan fingerprint density at radius 2 is 1.94 bits per heavy atom. The molecule has 1 atom stereocenters. The van der Waals surface area contributed by atoms with Gasteiger partial charge in [0.25, 0.3) is 0 Å². The number of benzene rings is 1. The summed E-state index contributed by atoms with van der Waals surface area (Å²) < 4.78 is 27.5. The van der Waals surface area contributed by atoms with Gasteiger partial charge in [-0.05, 0) is 25.1 Å². The summed E-state index contributed by atoms with van der Waals surface area (Å²) in [6.07, 6.45) is 0.909. The van der Waals surface area contributed by atoms with Gasteiger partial charge in [0.1, 0.15) is 11.6 Å². The van der Waals surface area contributed by atoms with Gasteiger partial charge in [-0.2, -0.15) is 0 Å². The van der Waals surface area contributed by atoms with Crippen LogP contribution in [0.2, 0.25) is 0 Å². The SMILES string of the molecule is OCC(c1c(F)cccc1F)N1CCCNCC1. The molecule has 2 N–H and O–H groups in total. The monoisotopic (exact) mass is 256 g/mol. The van der Waals surface area contributed by atoms with Crippen molar-refractivity contribution in [3.05, 3.63) is 35.4 Å². The first-order valence-corrected chi connectivity index (χ1v) is 6.23. The topological polar surface area (TPSA) is 35.5 Å². The first kappa shape index (κ1) is 13.4. The number of hydrogen-bond donors (Lipinski definition) is 2. The Hall–Kier alpha value is -1.04. The Bertz CT molecular complexity index is 372. The fourth-order valence-electron chi connectivity index (χ4n) is 2.40. The normalized spacial score (nSPS) is 19.5. The van der Waals surface area contributed by atoms with Crippen molar-refractivity contribution < 1.29 is 13.9 Å². The van der Waals surface area contributed by atoms with E-state index in [1.165, 1.54) is 18.2 Å². The van der Waals surface area contributed by atoms with E-state index < -0.39 is 17.7 Å². The van der Waals surface area contributed by atoms with Crippen LogP contribution in [0.3, 0.4) is 0 Å². The molecule has 2 rings (SSSR count). The van der Waals surface area contributed by atoms with Crippen LogP contribution in [-0.4, -0.2) is 42.8 Å². The molecule has 3 nitrogen and oxygen atoms in total. The zero-order valence-corrected chi connectivity index (χ0v) is 10.2. The van der Waals surface area contributed by atoms with Crippen LogP contribution in [0.4, 0.5) is 8.78 Å². The number of rotatable bonds is 3. The van der Waals surface area contributed by atoms with Crippen molar-refractivity contribution in [2.75, 3.05) is 32.8 Å². The molecule has 1 fully saturated rings. The lowest BCUT2D eigenvalue weighted by Crippen LogP contribution is -2.35. The molecule has 0 bridgehead atoms. The first-order chi connectivity index (χ1) is 8.74. The number of hydrogen-bond acceptors (Lipinski definition) is 3. The van der Waals surface area contributed by atoms with Gasteiger partial charge in [-0.25, -0.2) is 8.78 Å². The van der Waals surface area contributed by atoms with Gasteiger partial charge in [0.2, 0.25) is 0 Å². The Kier molecular flexibility index (Phi) is 4.63. The molecular formula is C13H18F2N2O. The van der Waals surface area contributed by atoms with E-state index in [9.17, 15) is 13.9 Å². The summed E-state index contributed by atoms with van der Waals surface area (Å²) in [7, 11) is 0. The molecule has 1 aliphatic rings. The Morgan fingerprint density at radius 1 is 1.22 bits per heavy atom. The second-order valence-corrected chi connectivity index (χ2v) is 4.47. The van der Waals surface area contributed by atoms with Crippen LogP contribution >= 0.6 is 0 Å². The third-order valence-electron chi connectivity index (χ3n) is 3.32. The van der Waals surface area contributed by atoms with Crippen LogP contribution in [0, 0.1) is 11.6 Å². The van der Waals surface area contributed by atoms with Gasteiger partial charge in [-0.3, -0.25) is 4.90 Å². The zero-order valence-electron chi connectivity index (χ0n) is 10.2. The lowest BCUT2D eigenvalue weighted by atomic mass is 10.0. The van der Waals surface area contributed by atoms with Crippen LogP contribution in [-0.2, 0) is 0 Å². The lowest BCUT2D eigenvalue weighted by Gasteiger charge is -2.29. The highest BCUT2D eigenvalue weighted by Gasteiger charge is 2.25. The summed E-state index contributed by atoms with van der Waals surface area (Å²) in [5.74, 6) is -1.18. The Balaban J connectivity index is 2.26. The average Bonchev–Trinajstić information content (AvgIpc) is 2.63. The maximum absolute atomic E-state index is 13.8. The highest BCUT2D eigenvalue weighted by molar-refractivity contribution is 5.23. The van der Waals surface area contributed by atoms with Crippen molar-refractivity contribution >= 4 is 0 Å². The van der Waals surface area contributed by atoms with Crippen LogP contribution in [0.25, 0.3) is 0 Å². The third-order valence-corrected chi connectivity index (χ3v) is 3.32. The molecule has 5 heteroatoms. The first-order valence-electron chi connectivity index (χ1n) is 6.23. The molecule has 1 unspecified atom stereocenters. The molecular weight excluding hydrogens is 238 g/mol. The van der Waals surface area contributed by atoms with Crippen LogP contribution < -0.4 is 5.32 Å². The molecule has 1 heterocycles. The third kappa shape index (κ3) is 2.85. The Labute approximate surface area is 105 Å². The quantitative estimate of drug-likeness (QED) is 0.855. The summed E-state index contributed by atoms with van der Waals surface area (Å²) in [5.41, 5.74) is -0.0260. The lowest BCUT2D eigenvalue weighted by molar-refractivity contribution is 0.124. The van der Waals surface area contributed by atoms with E-state index in [-0.39, 0.29) is 12.2 Å². The van der Waals surface area contributed by atoms with E-state index in [2.05, 4.69) is 5.32 Å². The molecule has 0 amide bonds. The maximum Gasteiger partial charge on any atom is 0.131 e. The van der Waals surface area contributed by atoms with Gasteiger partial charge in [-0.15, -0.1) is 0 Å². The zero-order chi connectivity index (χ0) is 13.0. The maximum atomic E-state index is 13.8. The molecule has 0 aromatic heterocycles. The van der Waals surface area contributed by atoms with E-state index in [1.807, 2.05) is 4.90 Å².